The molecular weight excluding hydrogens is 441 g/mol. The van der Waals surface area contributed by atoms with Crippen LogP contribution in [0.5, 0.6) is 5.75 Å². The molecule has 5 nitrogen and oxygen atoms in total. The highest BCUT2D eigenvalue weighted by molar-refractivity contribution is 8.01. The summed E-state index contributed by atoms with van der Waals surface area (Å²) in [7, 11) is 0. The van der Waals surface area contributed by atoms with Gasteiger partial charge in [-0.2, -0.15) is 13.2 Å². The highest BCUT2D eigenvalue weighted by Gasteiger charge is 2.31. The number of halogens is 4. The standard InChI is InChI=1S/C20H20ClF3N2O3S/c1-3-29-15-7-5-14(6-8-15)25-18(27)11-30-12(2)19(28)26-17-10-13(20(22,23)24)4-9-16(17)21/h4-10,12H,3,11H2,1-2H3,(H,25,27)(H,26,28). The van der Waals surface area contributed by atoms with Gasteiger partial charge in [-0.25, -0.2) is 0 Å². The molecule has 2 N–H and O–H groups in total. The highest BCUT2D eigenvalue weighted by atomic mass is 35.5. The Morgan fingerprint density at radius 1 is 1.13 bits per heavy atom. The molecule has 0 heterocycles. The van der Waals surface area contributed by atoms with Gasteiger partial charge in [0.1, 0.15) is 5.75 Å². The second-order valence-electron chi connectivity index (χ2n) is 6.14. The maximum Gasteiger partial charge on any atom is 0.416 e. The monoisotopic (exact) mass is 460 g/mol. The van der Waals surface area contributed by atoms with Crippen LogP contribution in [0.15, 0.2) is 42.5 Å². The van der Waals surface area contributed by atoms with Crippen LogP contribution in [0.2, 0.25) is 5.02 Å². The zero-order chi connectivity index (χ0) is 22.3. The van der Waals surface area contributed by atoms with Crippen LogP contribution in [0.3, 0.4) is 0 Å². The van der Waals surface area contributed by atoms with Gasteiger partial charge in [-0.05, 0) is 56.3 Å². The molecule has 0 aliphatic rings. The number of nitrogens with one attached hydrogen (secondary N) is 2. The Bertz CT molecular complexity index is 892. The average molecular weight is 461 g/mol. The number of rotatable bonds is 8. The first kappa shape index (κ1) is 23.9. The molecule has 2 rings (SSSR count). The fourth-order valence-electron chi connectivity index (χ4n) is 2.31. The van der Waals surface area contributed by atoms with Crippen molar-refractivity contribution in [2.24, 2.45) is 0 Å². The van der Waals surface area contributed by atoms with E-state index in [4.69, 9.17) is 16.3 Å². The molecule has 0 bridgehead atoms. The number of benzene rings is 2. The first-order valence-corrected chi connectivity index (χ1v) is 10.3. The second-order valence-corrected chi connectivity index (χ2v) is 7.88. The van der Waals surface area contributed by atoms with Crippen molar-refractivity contribution in [3.8, 4) is 5.75 Å². The van der Waals surface area contributed by atoms with Crippen LogP contribution in [-0.2, 0) is 15.8 Å². The molecule has 2 aromatic rings. The smallest absolute Gasteiger partial charge is 0.416 e. The van der Waals surface area contributed by atoms with E-state index in [1.807, 2.05) is 6.92 Å². The van der Waals surface area contributed by atoms with E-state index in [1.54, 1.807) is 31.2 Å². The molecule has 1 atom stereocenters. The molecule has 0 saturated heterocycles. The molecule has 0 radical (unpaired) electrons. The lowest BCUT2D eigenvalue weighted by atomic mass is 10.2. The predicted octanol–water partition coefficient (Wildman–Crippen LogP) is 5.46. The van der Waals surface area contributed by atoms with Gasteiger partial charge >= 0.3 is 6.18 Å². The first-order chi connectivity index (χ1) is 14.1. The lowest BCUT2D eigenvalue weighted by molar-refractivity contribution is -0.137. The maximum absolute atomic E-state index is 12.8. The summed E-state index contributed by atoms with van der Waals surface area (Å²) in [5.41, 5.74) is -0.475. The van der Waals surface area contributed by atoms with Crippen molar-refractivity contribution < 1.29 is 27.5 Å². The second kappa shape index (κ2) is 10.6. The molecule has 10 heteroatoms. The van der Waals surface area contributed by atoms with E-state index >= 15 is 0 Å². The molecule has 0 saturated carbocycles. The lowest BCUT2D eigenvalue weighted by Crippen LogP contribution is -2.25. The quantitative estimate of drug-likeness (QED) is 0.549. The molecule has 1 unspecified atom stereocenters. The Kier molecular flexibility index (Phi) is 8.43. The van der Waals surface area contributed by atoms with E-state index in [0.717, 1.165) is 30.0 Å². The summed E-state index contributed by atoms with van der Waals surface area (Å²) in [6, 6.07) is 9.51. The molecule has 30 heavy (non-hydrogen) atoms. The van der Waals surface area contributed by atoms with Crippen molar-refractivity contribution in [2.75, 3.05) is 23.0 Å². The third-order valence-electron chi connectivity index (χ3n) is 3.83. The molecule has 0 spiro atoms. The van der Waals surface area contributed by atoms with Crippen molar-refractivity contribution in [3.63, 3.8) is 0 Å². The van der Waals surface area contributed by atoms with E-state index in [1.165, 1.54) is 0 Å². The van der Waals surface area contributed by atoms with Crippen LogP contribution in [0.1, 0.15) is 19.4 Å². The number of alkyl halides is 3. The molecule has 2 amide bonds. The van der Waals surface area contributed by atoms with E-state index in [2.05, 4.69) is 10.6 Å². The zero-order valence-electron chi connectivity index (χ0n) is 16.2. The zero-order valence-corrected chi connectivity index (χ0v) is 17.8. The summed E-state index contributed by atoms with van der Waals surface area (Å²) in [6.45, 7) is 3.95. The van der Waals surface area contributed by atoms with Crippen LogP contribution in [0.25, 0.3) is 0 Å². The molecule has 0 aromatic heterocycles. The summed E-state index contributed by atoms with van der Waals surface area (Å²) in [5, 5.41) is 4.37. The minimum Gasteiger partial charge on any atom is -0.494 e. The van der Waals surface area contributed by atoms with Gasteiger partial charge in [-0.3, -0.25) is 9.59 Å². The number of ether oxygens (including phenoxy) is 1. The first-order valence-electron chi connectivity index (χ1n) is 8.92. The fraction of sp³-hybridized carbons (Fsp3) is 0.300. The van der Waals surface area contributed by atoms with Crippen molar-refractivity contribution >= 4 is 46.6 Å². The minimum atomic E-state index is -4.55. The van der Waals surface area contributed by atoms with Gasteiger partial charge in [0, 0.05) is 5.69 Å². The number of hydrogen-bond acceptors (Lipinski definition) is 4. The van der Waals surface area contributed by atoms with Crippen molar-refractivity contribution in [1.82, 2.24) is 0 Å². The van der Waals surface area contributed by atoms with Gasteiger partial charge in [-0.1, -0.05) is 11.6 Å². The van der Waals surface area contributed by atoms with Crippen molar-refractivity contribution in [1.29, 1.82) is 0 Å². The molecule has 0 fully saturated rings. The molecular formula is C20H20ClF3N2O3S. The van der Waals surface area contributed by atoms with E-state index in [0.29, 0.717) is 18.0 Å². The van der Waals surface area contributed by atoms with Crippen LogP contribution in [-0.4, -0.2) is 29.4 Å². The lowest BCUT2D eigenvalue weighted by Gasteiger charge is -2.15. The van der Waals surface area contributed by atoms with Gasteiger partial charge < -0.3 is 15.4 Å². The summed E-state index contributed by atoms with van der Waals surface area (Å²) in [5.74, 6) is -0.211. The number of amides is 2. The van der Waals surface area contributed by atoms with Gasteiger partial charge in [0.2, 0.25) is 11.8 Å². The molecule has 2 aromatic carbocycles. The van der Waals surface area contributed by atoms with Crippen LogP contribution >= 0.6 is 23.4 Å². The van der Waals surface area contributed by atoms with E-state index in [9.17, 15) is 22.8 Å². The van der Waals surface area contributed by atoms with Gasteiger partial charge in [0.05, 0.1) is 33.9 Å². The molecule has 162 valence electrons. The van der Waals surface area contributed by atoms with Crippen molar-refractivity contribution in [3.05, 3.63) is 53.1 Å². The Hall–Kier alpha value is -2.39. The Morgan fingerprint density at radius 2 is 1.80 bits per heavy atom. The fourth-order valence-corrected chi connectivity index (χ4v) is 3.16. The van der Waals surface area contributed by atoms with Crippen LogP contribution < -0.4 is 15.4 Å². The van der Waals surface area contributed by atoms with Gasteiger partial charge in [0.15, 0.2) is 0 Å². The Morgan fingerprint density at radius 3 is 2.40 bits per heavy atom. The third kappa shape index (κ3) is 7.14. The molecule has 0 aliphatic heterocycles. The normalized spacial score (nSPS) is 12.2. The SMILES string of the molecule is CCOc1ccc(NC(=O)CSC(C)C(=O)Nc2cc(C(F)(F)F)ccc2Cl)cc1. The van der Waals surface area contributed by atoms with Crippen LogP contribution in [0.4, 0.5) is 24.5 Å². The number of hydrogen-bond donors (Lipinski definition) is 2. The Labute approximate surface area is 181 Å². The number of carbonyl (C=O) groups is 2. The minimum absolute atomic E-state index is 0.0122. The van der Waals surface area contributed by atoms with Gasteiger partial charge in [-0.15, -0.1) is 11.8 Å². The van der Waals surface area contributed by atoms with E-state index in [-0.39, 0.29) is 22.4 Å². The topological polar surface area (TPSA) is 67.4 Å². The summed E-state index contributed by atoms with van der Waals surface area (Å²) >= 11 is 6.93. The molecule has 0 aliphatic carbocycles. The number of anilines is 2. The summed E-state index contributed by atoms with van der Waals surface area (Å²) < 4.78 is 43.8. The number of carbonyl (C=O) groups excluding carboxylic acids is 2. The predicted molar refractivity (Wildman–Crippen MR) is 113 cm³/mol. The summed E-state index contributed by atoms with van der Waals surface area (Å²) in [6.07, 6.45) is -4.55. The highest BCUT2D eigenvalue weighted by Crippen LogP contribution is 2.34. The average Bonchev–Trinajstić information content (AvgIpc) is 2.68. The number of thioether (sulfide) groups is 1. The van der Waals surface area contributed by atoms with Crippen molar-refractivity contribution in [2.45, 2.75) is 25.3 Å². The van der Waals surface area contributed by atoms with E-state index < -0.39 is 22.9 Å². The third-order valence-corrected chi connectivity index (χ3v) is 5.31. The van der Waals surface area contributed by atoms with Crippen LogP contribution in [0, 0.1) is 0 Å². The Balaban J connectivity index is 1.88. The largest absolute Gasteiger partial charge is 0.494 e. The summed E-state index contributed by atoms with van der Waals surface area (Å²) in [4.78, 5) is 24.4. The van der Waals surface area contributed by atoms with Gasteiger partial charge in [0.25, 0.3) is 0 Å². The maximum atomic E-state index is 12.8.